The van der Waals surface area contributed by atoms with E-state index >= 15 is 0 Å². The molecule has 21 heavy (non-hydrogen) atoms. The molecule has 3 nitrogen and oxygen atoms in total. The number of rotatable bonds is 6. The summed E-state index contributed by atoms with van der Waals surface area (Å²) in [4.78, 5) is 11.7. The van der Waals surface area contributed by atoms with Crippen LogP contribution in [0.4, 0.5) is 5.69 Å². The minimum Gasteiger partial charge on any atom is -0.376 e. The van der Waals surface area contributed by atoms with Gasteiger partial charge in [-0.3, -0.25) is 4.79 Å². The smallest absolute Gasteiger partial charge is 0.239 e. The van der Waals surface area contributed by atoms with E-state index in [0.717, 1.165) is 12.1 Å². The second-order valence-electron chi connectivity index (χ2n) is 4.57. The molecule has 0 unspecified atom stereocenters. The topological polar surface area (TPSA) is 41.1 Å². The van der Waals surface area contributed by atoms with E-state index in [1.54, 1.807) is 18.2 Å². The van der Waals surface area contributed by atoms with E-state index in [2.05, 4.69) is 10.6 Å². The number of benzene rings is 2. The van der Waals surface area contributed by atoms with Crippen molar-refractivity contribution in [2.45, 2.75) is 6.42 Å². The van der Waals surface area contributed by atoms with E-state index in [1.165, 1.54) is 5.56 Å². The molecular weight excluding hydrogens is 307 g/mol. The second kappa shape index (κ2) is 7.91. The third-order valence-corrected chi connectivity index (χ3v) is 3.69. The lowest BCUT2D eigenvalue weighted by molar-refractivity contribution is -0.119. The summed E-state index contributed by atoms with van der Waals surface area (Å²) in [5.41, 5.74) is 1.97. The standard InChI is InChI=1S/C16H16Cl2N2O/c17-14-7-6-13(10-15(14)18)20-11-16(21)19-9-8-12-4-2-1-3-5-12/h1-7,10,20H,8-9,11H2,(H,19,21). The zero-order valence-corrected chi connectivity index (χ0v) is 12.9. The molecule has 1 amide bonds. The van der Waals surface area contributed by atoms with Gasteiger partial charge in [-0.1, -0.05) is 53.5 Å². The van der Waals surface area contributed by atoms with Crippen LogP contribution in [-0.4, -0.2) is 19.0 Å². The predicted molar refractivity (Wildman–Crippen MR) is 88.1 cm³/mol. The van der Waals surface area contributed by atoms with Gasteiger partial charge in [0.1, 0.15) is 0 Å². The van der Waals surface area contributed by atoms with E-state index in [-0.39, 0.29) is 12.5 Å². The Balaban J connectivity index is 1.71. The Labute approximate surface area is 134 Å². The van der Waals surface area contributed by atoms with Crippen molar-refractivity contribution in [2.24, 2.45) is 0 Å². The number of carbonyl (C=O) groups is 1. The van der Waals surface area contributed by atoms with Gasteiger partial charge in [0.15, 0.2) is 0 Å². The number of hydrogen-bond acceptors (Lipinski definition) is 2. The zero-order chi connectivity index (χ0) is 15.1. The lowest BCUT2D eigenvalue weighted by atomic mass is 10.1. The molecule has 5 heteroatoms. The highest BCUT2D eigenvalue weighted by molar-refractivity contribution is 6.42. The van der Waals surface area contributed by atoms with Crippen molar-refractivity contribution >= 4 is 34.8 Å². The molecule has 2 aromatic rings. The van der Waals surface area contributed by atoms with Crippen LogP contribution in [0.15, 0.2) is 48.5 Å². The Morgan fingerprint density at radius 1 is 1.00 bits per heavy atom. The van der Waals surface area contributed by atoms with Crippen molar-refractivity contribution in [1.82, 2.24) is 5.32 Å². The van der Waals surface area contributed by atoms with E-state index < -0.39 is 0 Å². The fourth-order valence-electron chi connectivity index (χ4n) is 1.84. The van der Waals surface area contributed by atoms with Crippen LogP contribution in [-0.2, 0) is 11.2 Å². The van der Waals surface area contributed by atoms with E-state index in [4.69, 9.17) is 23.2 Å². The summed E-state index contributed by atoms with van der Waals surface area (Å²) >= 11 is 11.7. The van der Waals surface area contributed by atoms with Crippen LogP contribution in [0.5, 0.6) is 0 Å². The number of hydrogen-bond donors (Lipinski definition) is 2. The first-order chi connectivity index (χ1) is 10.1. The van der Waals surface area contributed by atoms with Crippen molar-refractivity contribution in [1.29, 1.82) is 0 Å². The largest absolute Gasteiger partial charge is 0.376 e. The molecule has 0 radical (unpaired) electrons. The van der Waals surface area contributed by atoms with Crippen LogP contribution in [0, 0.1) is 0 Å². The van der Waals surface area contributed by atoms with E-state index in [1.807, 2.05) is 30.3 Å². The van der Waals surface area contributed by atoms with E-state index in [9.17, 15) is 4.79 Å². The second-order valence-corrected chi connectivity index (χ2v) is 5.38. The van der Waals surface area contributed by atoms with E-state index in [0.29, 0.717) is 16.6 Å². The average Bonchev–Trinajstić information content (AvgIpc) is 2.49. The highest BCUT2D eigenvalue weighted by Crippen LogP contribution is 2.24. The fraction of sp³-hybridized carbons (Fsp3) is 0.188. The molecule has 110 valence electrons. The van der Waals surface area contributed by atoms with Gasteiger partial charge in [0.25, 0.3) is 0 Å². The molecule has 0 aromatic heterocycles. The SMILES string of the molecule is O=C(CNc1ccc(Cl)c(Cl)c1)NCCc1ccccc1. The van der Waals surface area contributed by atoms with Crippen LogP contribution >= 0.6 is 23.2 Å². The lowest BCUT2D eigenvalue weighted by Crippen LogP contribution is -2.31. The van der Waals surface area contributed by atoms with Gasteiger partial charge < -0.3 is 10.6 Å². The Morgan fingerprint density at radius 3 is 2.48 bits per heavy atom. The summed E-state index contributed by atoms with van der Waals surface area (Å²) in [6.07, 6.45) is 0.819. The third-order valence-electron chi connectivity index (χ3n) is 2.95. The highest BCUT2D eigenvalue weighted by Gasteiger charge is 2.03. The number of carbonyl (C=O) groups excluding carboxylic acids is 1. The molecule has 0 spiro atoms. The van der Waals surface area contributed by atoms with Gasteiger partial charge in [0.2, 0.25) is 5.91 Å². The molecular formula is C16H16Cl2N2O. The monoisotopic (exact) mass is 322 g/mol. The van der Waals surface area contributed by atoms with Gasteiger partial charge in [-0.15, -0.1) is 0 Å². The van der Waals surface area contributed by atoms with Crippen molar-refractivity contribution in [3.05, 3.63) is 64.1 Å². The first-order valence-corrected chi connectivity index (χ1v) is 7.40. The van der Waals surface area contributed by atoms with Gasteiger partial charge in [-0.25, -0.2) is 0 Å². The minimum atomic E-state index is -0.0583. The summed E-state index contributed by atoms with van der Waals surface area (Å²) in [7, 11) is 0. The highest BCUT2D eigenvalue weighted by atomic mass is 35.5. The van der Waals surface area contributed by atoms with Crippen LogP contribution in [0.3, 0.4) is 0 Å². The molecule has 0 heterocycles. The maximum Gasteiger partial charge on any atom is 0.239 e. The summed E-state index contributed by atoms with van der Waals surface area (Å²) in [6, 6.07) is 15.2. The normalized spacial score (nSPS) is 10.2. The maximum absolute atomic E-state index is 11.7. The van der Waals surface area contributed by atoms with Crippen LogP contribution in [0.1, 0.15) is 5.56 Å². The van der Waals surface area contributed by atoms with Crippen LogP contribution < -0.4 is 10.6 Å². The Bertz CT molecular complexity index is 602. The molecule has 2 rings (SSSR count). The van der Waals surface area contributed by atoms with Gasteiger partial charge >= 0.3 is 0 Å². The third kappa shape index (κ3) is 5.29. The summed E-state index contributed by atoms with van der Waals surface area (Å²) in [6.45, 7) is 0.818. The maximum atomic E-state index is 11.7. The molecule has 0 saturated carbocycles. The quantitative estimate of drug-likeness (QED) is 0.850. The first-order valence-electron chi connectivity index (χ1n) is 6.65. The van der Waals surface area contributed by atoms with Crippen molar-refractivity contribution < 1.29 is 4.79 Å². The number of nitrogens with one attached hydrogen (secondary N) is 2. The first kappa shape index (κ1) is 15.7. The number of amides is 1. The minimum absolute atomic E-state index is 0.0583. The molecule has 2 N–H and O–H groups in total. The average molecular weight is 323 g/mol. The van der Waals surface area contributed by atoms with Gasteiger partial charge in [-0.2, -0.15) is 0 Å². The summed E-state index contributed by atoms with van der Waals surface area (Å²) < 4.78 is 0. The van der Waals surface area contributed by atoms with Gasteiger partial charge in [0.05, 0.1) is 16.6 Å². The number of anilines is 1. The molecule has 0 atom stereocenters. The Morgan fingerprint density at radius 2 is 1.76 bits per heavy atom. The van der Waals surface area contributed by atoms with Crippen molar-refractivity contribution in [2.75, 3.05) is 18.4 Å². The summed E-state index contributed by atoms with van der Waals surface area (Å²) in [5.74, 6) is -0.0583. The lowest BCUT2D eigenvalue weighted by Gasteiger charge is -2.08. The number of halogens is 2. The molecule has 0 aliphatic carbocycles. The van der Waals surface area contributed by atoms with Crippen molar-refractivity contribution in [3.8, 4) is 0 Å². The van der Waals surface area contributed by atoms with Crippen LogP contribution in [0.25, 0.3) is 0 Å². The predicted octanol–water partition coefficient (Wildman–Crippen LogP) is 3.76. The zero-order valence-electron chi connectivity index (χ0n) is 11.4. The van der Waals surface area contributed by atoms with Crippen LogP contribution in [0.2, 0.25) is 10.0 Å². The Hall–Kier alpha value is -1.71. The summed E-state index contributed by atoms with van der Waals surface area (Å²) in [5, 5.41) is 6.83. The van der Waals surface area contributed by atoms with Gasteiger partial charge in [0, 0.05) is 12.2 Å². The molecule has 0 bridgehead atoms. The molecule has 0 aliphatic heterocycles. The molecule has 2 aromatic carbocycles. The van der Waals surface area contributed by atoms with Crippen molar-refractivity contribution in [3.63, 3.8) is 0 Å². The molecule has 0 saturated heterocycles. The Kier molecular flexibility index (Phi) is 5.90. The fourth-order valence-corrected chi connectivity index (χ4v) is 2.14. The molecule has 0 aliphatic rings. The van der Waals surface area contributed by atoms with Gasteiger partial charge in [-0.05, 0) is 30.2 Å². The molecule has 0 fully saturated rings.